The maximum Gasteiger partial charge on any atom is 0.255 e. The SMILES string of the molecule is Cc1ccc(-c2nc(Cl)nc(-n3cccn3)n2)cn1. The Morgan fingerprint density at radius 1 is 1.16 bits per heavy atom. The molecule has 94 valence electrons. The van der Waals surface area contributed by atoms with E-state index in [2.05, 4.69) is 25.0 Å². The lowest BCUT2D eigenvalue weighted by Crippen LogP contribution is -2.05. The topological polar surface area (TPSA) is 69.4 Å². The molecule has 0 unspecified atom stereocenters. The molecule has 0 spiro atoms. The van der Waals surface area contributed by atoms with Gasteiger partial charge in [0.2, 0.25) is 5.28 Å². The van der Waals surface area contributed by atoms with Crippen LogP contribution in [0.15, 0.2) is 36.8 Å². The van der Waals surface area contributed by atoms with Gasteiger partial charge in [-0.15, -0.1) is 0 Å². The van der Waals surface area contributed by atoms with Crippen molar-refractivity contribution in [2.45, 2.75) is 6.92 Å². The first-order chi connectivity index (χ1) is 9.22. The summed E-state index contributed by atoms with van der Waals surface area (Å²) in [4.78, 5) is 16.7. The van der Waals surface area contributed by atoms with Crippen LogP contribution in [0, 0.1) is 6.92 Å². The molecule has 0 bridgehead atoms. The summed E-state index contributed by atoms with van der Waals surface area (Å²) >= 11 is 5.92. The summed E-state index contributed by atoms with van der Waals surface area (Å²) in [7, 11) is 0. The number of aryl methyl sites for hydroxylation is 1. The number of rotatable bonds is 2. The molecule has 3 aromatic heterocycles. The van der Waals surface area contributed by atoms with Gasteiger partial charge in [0.25, 0.3) is 5.95 Å². The average molecular weight is 273 g/mol. The number of halogens is 1. The highest BCUT2D eigenvalue weighted by atomic mass is 35.5. The molecular weight excluding hydrogens is 264 g/mol. The second-order valence-corrected chi connectivity index (χ2v) is 4.20. The van der Waals surface area contributed by atoms with E-state index in [4.69, 9.17) is 11.6 Å². The maximum atomic E-state index is 5.92. The van der Waals surface area contributed by atoms with E-state index in [1.54, 1.807) is 24.7 Å². The zero-order valence-corrected chi connectivity index (χ0v) is 10.8. The minimum absolute atomic E-state index is 0.121. The first-order valence-corrected chi connectivity index (χ1v) is 5.95. The molecule has 0 aliphatic carbocycles. The van der Waals surface area contributed by atoms with Crippen molar-refractivity contribution < 1.29 is 0 Å². The van der Waals surface area contributed by atoms with Crippen LogP contribution in [0.2, 0.25) is 5.28 Å². The maximum absolute atomic E-state index is 5.92. The molecule has 0 N–H and O–H groups in total. The summed E-state index contributed by atoms with van der Waals surface area (Å²) in [5.41, 5.74) is 1.71. The first kappa shape index (κ1) is 11.7. The summed E-state index contributed by atoms with van der Waals surface area (Å²) in [5, 5.41) is 4.19. The molecule has 0 saturated carbocycles. The second-order valence-electron chi connectivity index (χ2n) is 3.87. The highest BCUT2D eigenvalue weighted by Gasteiger charge is 2.09. The fourth-order valence-electron chi connectivity index (χ4n) is 1.56. The summed E-state index contributed by atoms with van der Waals surface area (Å²) in [6, 6.07) is 5.56. The van der Waals surface area contributed by atoms with Crippen molar-refractivity contribution in [2.24, 2.45) is 0 Å². The molecule has 3 rings (SSSR count). The molecular formula is C12H9ClN6. The van der Waals surface area contributed by atoms with Crippen molar-refractivity contribution in [2.75, 3.05) is 0 Å². The minimum Gasteiger partial charge on any atom is -0.261 e. The molecule has 3 heterocycles. The van der Waals surface area contributed by atoms with E-state index in [-0.39, 0.29) is 5.28 Å². The van der Waals surface area contributed by atoms with E-state index in [1.165, 1.54) is 4.68 Å². The number of hydrogen-bond acceptors (Lipinski definition) is 5. The van der Waals surface area contributed by atoms with Gasteiger partial charge in [-0.25, -0.2) is 4.68 Å². The van der Waals surface area contributed by atoms with Crippen LogP contribution in [0.5, 0.6) is 0 Å². The molecule has 0 saturated heterocycles. The smallest absolute Gasteiger partial charge is 0.255 e. The van der Waals surface area contributed by atoms with Gasteiger partial charge in [0.1, 0.15) is 0 Å². The van der Waals surface area contributed by atoms with Crippen molar-refractivity contribution in [1.82, 2.24) is 29.7 Å². The Hall–Kier alpha value is -2.34. The van der Waals surface area contributed by atoms with Crippen molar-refractivity contribution >= 4 is 11.6 Å². The molecule has 0 aromatic carbocycles. The fraction of sp³-hybridized carbons (Fsp3) is 0.0833. The van der Waals surface area contributed by atoms with E-state index in [0.717, 1.165) is 11.3 Å². The zero-order chi connectivity index (χ0) is 13.2. The summed E-state index contributed by atoms with van der Waals surface area (Å²) in [6.07, 6.45) is 5.08. The Kier molecular flexibility index (Phi) is 2.92. The van der Waals surface area contributed by atoms with Gasteiger partial charge in [-0.05, 0) is 36.7 Å². The fourth-order valence-corrected chi connectivity index (χ4v) is 1.71. The third-order valence-corrected chi connectivity index (χ3v) is 2.64. The largest absolute Gasteiger partial charge is 0.261 e. The Morgan fingerprint density at radius 3 is 2.74 bits per heavy atom. The lowest BCUT2D eigenvalue weighted by molar-refractivity contribution is 0.797. The van der Waals surface area contributed by atoms with Gasteiger partial charge in [0, 0.05) is 29.8 Å². The molecule has 3 aromatic rings. The molecule has 0 fully saturated rings. The predicted molar refractivity (Wildman–Crippen MR) is 69.9 cm³/mol. The number of hydrogen-bond donors (Lipinski definition) is 0. The third-order valence-electron chi connectivity index (χ3n) is 2.48. The molecule has 7 heteroatoms. The van der Waals surface area contributed by atoms with Gasteiger partial charge >= 0.3 is 0 Å². The van der Waals surface area contributed by atoms with E-state index >= 15 is 0 Å². The minimum atomic E-state index is 0.121. The Bertz CT molecular complexity index is 693. The summed E-state index contributed by atoms with van der Waals surface area (Å²) in [6.45, 7) is 1.92. The summed E-state index contributed by atoms with van der Waals surface area (Å²) in [5.74, 6) is 0.846. The van der Waals surface area contributed by atoms with Gasteiger partial charge in [0.15, 0.2) is 5.82 Å². The molecule has 0 radical (unpaired) electrons. The van der Waals surface area contributed by atoms with Gasteiger partial charge in [-0.2, -0.15) is 20.1 Å². The van der Waals surface area contributed by atoms with E-state index < -0.39 is 0 Å². The van der Waals surface area contributed by atoms with Crippen LogP contribution in [0.3, 0.4) is 0 Å². The Labute approximate surface area is 114 Å². The van der Waals surface area contributed by atoms with Crippen LogP contribution in [0.4, 0.5) is 0 Å². The second kappa shape index (κ2) is 4.74. The lowest BCUT2D eigenvalue weighted by atomic mass is 10.2. The summed E-state index contributed by atoms with van der Waals surface area (Å²) < 4.78 is 1.53. The normalized spacial score (nSPS) is 10.6. The molecule has 6 nitrogen and oxygen atoms in total. The van der Waals surface area contributed by atoms with Crippen LogP contribution >= 0.6 is 11.6 Å². The Morgan fingerprint density at radius 2 is 2.05 bits per heavy atom. The van der Waals surface area contributed by atoms with Crippen LogP contribution in [-0.4, -0.2) is 29.7 Å². The molecule has 0 atom stereocenters. The van der Waals surface area contributed by atoms with E-state index in [9.17, 15) is 0 Å². The van der Waals surface area contributed by atoms with Crippen LogP contribution in [0.1, 0.15) is 5.69 Å². The van der Waals surface area contributed by atoms with Gasteiger partial charge < -0.3 is 0 Å². The average Bonchev–Trinajstić information content (AvgIpc) is 2.93. The van der Waals surface area contributed by atoms with Crippen LogP contribution < -0.4 is 0 Å². The monoisotopic (exact) mass is 272 g/mol. The number of nitrogens with zero attached hydrogens (tertiary/aromatic N) is 6. The number of pyridine rings is 1. The predicted octanol–water partition coefficient (Wildman–Crippen LogP) is 2.08. The van der Waals surface area contributed by atoms with Crippen molar-refractivity contribution in [3.63, 3.8) is 0 Å². The Balaban J connectivity index is 2.10. The van der Waals surface area contributed by atoms with E-state index in [1.807, 2.05) is 19.1 Å². The molecule has 19 heavy (non-hydrogen) atoms. The molecule has 0 aliphatic rings. The standard InChI is InChI=1S/C12H9ClN6/c1-8-3-4-9(7-14-8)10-16-11(13)18-12(17-10)19-6-2-5-15-19/h2-7H,1H3. The molecule has 0 amide bonds. The quantitative estimate of drug-likeness (QED) is 0.714. The lowest BCUT2D eigenvalue weighted by Gasteiger charge is -2.04. The van der Waals surface area contributed by atoms with Crippen LogP contribution in [-0.2, 0) is 0 Å². The zero-order valence-electron chi connectivity index (χ0n) is 10.0. The highest BCUT2D eigenvalue weighted by molar-refractivity contribution is 6.28. The van der Waals surface area contributed by atoms with Gasteiger partial charge in [-0.3, -0.25) is 4.98 Å². The number of aromatic nitrogens is 6. The van der Waals surface area contributed by atoms with Gasteiger partial charge in [-0.1, -0.05) is 0 Å². The van der Waals surface area contributed by atoms with Crippen LogP contribution in [0.25, 0.3) is 17.3 Å². The van der Waals surface area contributed by atoms with Crippen molar-refractivity contribution in [1.29, 1.82) is 0 Å². The molecule has 0 aliphatic heterocycles. The first-order valence-electron chi connectivity index (χ1n) is 5.57. The highest BCUT2D eigenvalue weighted by Crippen LogP contribution is 2.16. The third kappa shape index (κ3) is 2.43. The van der Waals surface area contributed by atoms with Crippen molar-refractivity contribution in [3.05, 3.63) is 47.8 Å². The van der Waals surface area contributed by atoms with E-state index in [0.29, 0.717) is 11.8 Å². The van der Waals surface area contributed by atoms with Crippen molar-refractivity contribution in [3.8, 4) is 17.3 Å². The van der Waals surface area contributed by atoms with Gasteiger partial charge in [0.05, 0.1) is 0 Å².